The summed E-state index contributed by atoms with van der Waals surface area (Å²) in [6.07, 6.45) is 0. The zero-order chi connectivity index (χ0) is 19.8. The van der Waals surface area contributed by atoms with Gasteiger partial charge >= 0.3 is 6.03 Å². The highest BCUT2D eigenvalue weighted by molar-refractivity contribution is 6.30. The number of likely N-dealkylation sites (tertiary alicyclic amines) is 1. The van der Waals surface area contributed by atoms with Gasteiger partial charge in [0.05, 0.1) is 6.61 Å². The van der Waals surface area contributed by atoms with Gasteiger partial charge in [-0.1, -0.05) is 41.9 Å². The third-order valence-electron chi connectivity index (χ3n) is 5.76. The van der Waals surface area contributed by atoms with Crippen molar-refractivity contribution in [1.29, 1.82) is 0 Å². The number of para-hydroxylation sites is 1. The Morgan fingerprint density at radius 1 is 1.21 bits per heavy atom. The highest BCUT2D eigenvalue weighted by Crippen LogP contribution is 2.48. The van der Waals surface area contributed by atoms with Crippen molar-refractivity contribution >= 4 is 23.3 Å². The second-order valence-corrected chi connectivity index (χ2v) is 8.35. The fraction of sp³-hybridized carbons (Fsp3) is 0.409. The third kappa shape index (κ3) is 3.39. The van der Waals surface area contributed by atoms with Gasteiger partial charge in [0.25, 0.3) is 0 Å². The van der Waals surface area contributed by atoms with Crippen LogP contribution in [-0.4, -0.2) is 47.3 Å². The minimum Gasteiger partial charge on any atom is -0.395 e. The van der Waals surface area contributed by atoms with Crippen molar-refractivity contribution in [2.45, 2.75) is 44.4 Å². The van der Waals surface area contributed by atoms with Gasteiger partial charge in [0.2, 0.25) is 0 Å². The number of rotatable bonds is 4. The van der Waals surface area contributed by atoms with E-state index in [2.05, 4.69) is 16.3 Å². The van der Waals surface area contributed by atoms with Crippen LogP contribution in [0.1, 0.15) is 30.9 Å². The molecule has 0 radical (unpaired) electrons. The Kier molecular flexibility index (Phi) is 5.32. The molecule has 2 aromatic carbocycles. The van der Waals surface area contributed by atoms with Gasteiger partial charge in [-0.25, -0.2) is 4.79 Å². The van der Waals surface area contributed by atoms with E-state index in [4.69, 9.17) is 11.6 Å². The Balaban J connectivity index is 1.63. The Bertz CT molecular complexity index is 855. The molecule has 0 saturated carbocycles. The predicted molar refractivity (Wildman–Crippen MR) is 112 cm³/mol. The molecule has 3 atom stereocenters. The molecule has 2 aromatic rings. The second kappa shape index (κ2) is 7.74. The zero-order valence-corrected chi connectivity index (χ0v) is 16.9. The van der Waals surface area contributed by atoms with E-state index >= 15 is 0 Å². The van der Waals surface area contributed by atoms with E-state index in [1.165, 1.54) is 0 Å². The van der Waals surface area contributed by atoms with Gasteiger partial charge in [0.15, 0.2) is 0 Å². The van der Waals surface area contributed by atoms with Crippen LogP contribution in [0.3, 0.4) is 0 Å². The number of amides is 2. The minimum atomic E-state index is -0.0696. The maximum absolute atomic E-state index is 12.8. The normalized spacial score (nSPS) is 23.8. The molecular formula is C22H26ClN3O2. The van der Waals surface area contributed by atoms with Crippen LogP contribution in [0, 0.1) is 0 Å². The van der Waals surface area contributed by atoms with Crippen molar-refractivity contribution in [3.8, 4) is 0 Å². The smallest absolute Gasteiger partial charge is 0.322 e. The molecule has 2 amide bonds. The molecule has 1 saturated heterocycles. The van der Waals surface area contributed by atoms with Crippen LogP contribution in [0.15, 0.2) is 48.5 Å². The number of aliphatic hydroxyl groups excluding tert-OH is 1. The quantitative estimate of drug-likeness (QED) is 0.825. The summed E-state index contributed by atoms with van der Waals surface area (Å²) < 4.78 is 0. The molecule has 2 heterocycles. The average Bonchev–Trinajstić information content (AvgIpc) is 2.66. The minimum absolute atomic E-state index is 0.0529. The molecule has 0 unspecified atom stereocenters. The second-order valence-electron chi connectivity index (χ2n) is 7.92. The standard InChI is InChI=1S/C22H26ClN3O2/c1-14(2)24-22(28)26-12-19-21(17-5-3-4-6-18(17)26)20(13-27)25(19)11-15-7-9-16(23)10-8-15/h3-10,14,19-21,27H,11-13H2,1-2H3,(H,24,28)/t19-,20-,21+/m1/s1. The van der Waals surface area contributed by atoms with E-state index in [1.807, 2.05) is 61.2 Å². The van der Waals surface area contributed by atoms with Crippen molar-refractivity contribution in [1.82, 2.24) is 10.2 Å². The largest absolute Gasteiger partial charge is 0.395 e. The lowest BCUT2D eigenvalue weighted by molar-refractivity contribution is -0.0485. The van der Waals surface area contributed by atoms with Crippen LogP contribution < -0.4 is 10.2 Å². The number of benzene rings is 2. The lowest BCUT2D eigenvalue weighted by atomic mass is 9.72. The molecule has 148 valence electrons. The lowest BCUT2D eigenvalue weighted by Gasteiger charge is -2.59. The molecule has 2 N–H and O–H groups in total. The number of hydrogen-bond donors (Lipinski definition) is 2. The number of anilines is 1. The third-order valence-corrected chi connectivity index (χ3v) is 6.01. The summed E-state index contributed by atoms with van der Waals surface area (Å²) in [6, 6.07) is 16.1. The van der Waals surface area contributed by atoms with E-state index in [0.29, 0.717) is 11.6 Å². The Labute approximate surface area is 170 Å². The topological polar surface area (TPSA) is 55.8 Å². The number of carbonyl (C=O) groups is 1. The number of aliphatic hydroxyl groups is 1. The summed E-state index contributed by atoms with van der Waals surface area (Å²) >= 11 is 6.01. The van der Waals surface area contributed by atoms with Crippen LogP contribution in [0.2, 0.25) is 5.02 Å². The lowest BCUT2D eigenvalue weighted by Crippen LogP contribution is -2.69. The molecule has 28 heavy (non-hydrogen) atoms. The summed E-state index contributed by atoms with van der Waals surface area (Å²) in [5, 5.41) is 13.8. The monoisotopic (exact) mass is 399 g/mol. The molecule has 5 nitrogen and oxygen atoms in total. The van der Waals surface area contributed by atoms with Gasteiger partial charge in [0.1, 0.15) is 0 Å². The van der Waals surface area contributed by atoms with Gasteiger partial charge in [0, 0.05) is 47.8 Å². The van der Waals surface area contributed by atoms with Crippen molar-refractivity contribution < 1.29 is 9.90 Å². The molecule has 1 fully saturated rings. The van der Waals surface area contributed by atoms with Gasteiger partial charge in [-0.3, -0.25) is 9.80 Å². The number of fused-ring (bicyclic) bond motifs is 3. The van der Waals surface area contributed by atoms with Crippen LogP contribution in [-0.2, 0) is 6.54 Å². The van der Waals surface area contributed by atoms with Crippen LogP contribution in [0.25, 0.3) is 0 Å². The maximum atomic E-state index is 12.8. The first-order valence-corrected chi connectivity index (χ1v) is 10.2. The molecule has 0 aliphatic carbocycles. The Morgan fingerprint density at radius 3 is 2.61 bits per heavy atom. The predicted octanol–water partition coefficient (Wildman–Crippen LogP) is 3.61. The molecule has 2 aliphatic heterocycles. The molecule has 4 rings (SSSR count). The number of urea groups is 1. The van der Waals surface area contributed by atoms with Gasteiger partial charge < -0.3 is 10.4 Å². The fourth-order valence-electron chi connectivity index (χ4n) is 4.52. The SMILES string of the molecule is CC(C)NC(=O)N1C[C@@H]2[C@H](c3ccccc31)[C@@H](CO)N2Cc1ccc(Cl)cc1. The summed E-state index contributed by atoms with van der Waals surface area (Å²) in [6.45, 7) is 5.38. The van der Waals surface area contributed by atoms with Gasteiger partial charge in [-0.05, 0) is 43.2 Å². The first-order chi connectivity index (χ1) is 13.5. The number of nitrogens with one attached hydrogen (secondary N) is 1. The highest BCUT2D eigenvalue weighted by Gasteiger charge is 2.53. The van der Waals surface area contributed by atoms with Crippen LogP contribution in [0.5, 0.6) is 0 Å². The summed E-state index contributed by atoms with van der Waals surface area (Å²) in [5.74, 6) is 0.233. The average molecular weight is 400 g/mol. The molecule has 0 spiro atoms. The Morgan fingerprint density at radius 2 is 1.93 bits per heavy atom. The number of carbonyl (C=O) groups excluding carboxylic acids is 1. The summed E-state index contributed by atoms with van der Waals surface area (Å²) in [7, 11) is 0. The van der Waals surface area contributed by atoms with E-state index in [0.717, 1.165) is 23.4 Å². The van der Waals surface area contributed by atoms with E-state index in [9.17, 15) is 9.90 Å². The summed E-state index contributed by atoms with van der Waals surface area (Å²) in [4.78, 5) is 17.0. The van der Waals surface area contributed by atoms with Crippen molar-refractivity contribution in [2.75, 3.05) is 18.1 Å². The number of halogens is 1. The van der Waals surface area contributed by atoms with Crippen molar-refractivity contribution in [3.05, 3.63) is 64.7 Å². The first-order valence-electron chi connectivity index (χ1n) is 9.77. The van der Waals surface area contributed by atoms with E-state index in [1.54, 1.807) is 0 Å². The molecule has 2 aliphatic rings. The fourth-order valence-corrected chi connectivity index (χ4v) is 4.64. The van der Waals surface area contributed by atoms with Gasteiger partial charge in [-0.2, -0.15) is 0 Å². The van der Waals surface area contributed by atoms with E-state index < -0.39 is 0 Å². The number of hydrogen-bond acceptors (Lipinski definition) is 3. The van der Waals surface area contributed by atoms with Gasteiger partial charge in [-0.15, -0.1) is 0 Å². The maximum Gasteiger partial charge on any atom is 0.322 e. The molecule has 0 aromatic heterocycles. The van der Waals surface area contributed by atoms with Crippen molar-refractivity contribution in [2.24, 2.45) is 0 Å². The zero-order valence-electron chi connectivity index (χ0n) is 16.2. The van der Waals surface area contributed by atoms with Crippen molar-refractivity contribution in [3.63, 3.8) is 0 Å². The summed E-state index contributed by atoms with van der Waals surface area (Å²) in [5.41, 5.74) is 3.24. The number of nitrogens with zero attached hydrogens (tertiary/aromatic N) is 2. The van der Waals surface area contributed by atoms with E-state index in [-0.39, 0.29) is 36.7 Å². The Hall–Kier alpha value is -2.08. The first kappa shape index (κ1) is 19.2. The van der Waals surface area contributed by atoms with Crippen LogP contribution >= 0.6 is 11.6 Å². The molecular weight excluding hydrogens is 374 g/mol. The molecule has 6 heteroatoms. The highest BCUT2D eigenvalue weighted by atomic mass is 35.5. The molecule has 0 bridgehead atoms. The van der Waals surface area contributed by atoms with Crippen LogP contribution in [0.4, 0.5) is 10.5 Å².